The van der Waals surface area contributed by atoms with Crippen LogP contribution in [0.25, 0.3) is 0 Å². The van der Waals surface area contributed by atoms with Crippen molar-refractivity contribution in [2.75, 3.05) is 5.32 Å². The number of non-ortho nitro benzene ring substituents is 1. The molecule has 162 valence electrons. The molecule has 1 heterocycles. The molecule has 0 spiro atoms. The summed E-state index contributed by atoms with van der Waals surface area (Å²) < 4.78 is 7.39. The molecule has 0 saturated heterocycles. The third kappa shape index (κ3) is 5.66. The number of para-hydroxylation sites is 1. The van der Waals surface area contributed by atoms with Crippen molar-refractivity contribution in [3.63, 3.8) is 0 Å². The Kier molecular flexibility index (Phi) is 7.37. The van der Waals surface area contributed by atoms with Gasteiger partial charge in [0.25, 0.3) is 5.69 Å². The molecule has 1 amide bonds. The molecule has 1 aromatic heterocycles. The molecule has 0 aliphatic heterocycles. The predicted molar refractivity (Wildman–Crippen MR) is 119 cm³/mol. The number of ether oxygens (including phenoxy) is 1. The van der Waals surface area contributed by atoms with E-state index in [1.807, 2.05) is 6.07 Å². The van der Waals surface area contributed by atoms with E-state index in [0.717, 1.165) is 0 Å². The summed E-state index contributed by atoms with van der Waals surface area (Å²) in [5, 5.41) is 22.4. The Hall–Kier alpha value is -2.82. The Morgan fingerprint density at radius 1 is 1.26 bits per heavy atom. The molecule has 0 aliphatic carbocycles. The Labute approximate surface area is 191 Å². The van der Waals surface area contributed by atoms with E-state index in [-0.39, 0.29) is 28.9 Å². The van der Waals surface area contributed by atoms with Crippen LogP contribution in [0.4, 0.5) is 11.4 Å². The van der Waals surface area contributed by atoms with Gasteiger partial charge in [0, 0.05) is 19.2 Å². The zero-order valence-corrected chi connectivity index (χ0v) is 18.7. The van der Waals surface area contributed by atoms with Gasteiger partial charge in [0.05, 0.1) is 25.9 Å². The first kappa shape index (κ1) is 22.9. The lowest BCUT2D eigenvalue weighted by molar-refractivity contribution is -0.384. The molecule has 1 N–H and O–H groups in total. The molecule has 3 rings (SSSR count). The van der Waals surface area contributed by atoms with Crippen LogP contribution in [-0.4, -0.2) is 30.8 Å². The number of carbonyl (C=O) groups excluding carboxylic acids is 1. The lowest BCUT2D eigenvalue weighted by Gasteiger charge is -2.13. The minimum Gasteiger partial charge on any atom is -0.484 e. The van der Waals surface area contributed by atoms with Crippen molar-refractivity contribution >= 4 is 52.2 Å². The topological polar surface area (TPSA) is 112 Å². The SMILES string of the molecule is C[C@@H](Sc1nnc(COc2ccccc2Cl)n1C)C(=O)Nc1cc([N+](=O)[O-])ccc1Cl. The molecule has 9 nitrogen and oxygen atoms in total. The normalized spacial score (nSPS) is 11.7. The molecule has 0 aliphatic rings. The molecular weight excluding hydrogens is 465 g/mol. The van der Waals surface area contributed by atoms with E-state index in [1.54, 1.807) is 36.7 Å². The van der Waals surface area contributed by atoms with Crippen molar-refractivity contribution in [1.82, 2.24) is 14.8 Å². The van der Waals surface area contributed by atoms with E-state index in [4.69, 9.17) is 27.9 Å². The Morgan fingerprint density at radius 3 is 2.71 bits per heavy atom. The molecular formula is C19H17Cl2N5O4S. The van der Waals surface area contributed by atoms with Crippen LogP contribution in [0.2, 0.25) is 10.0 Å². The first-order chi connectivity index (χ1) is 14.8. The van der Waals surface area contributed by atoms with Gasteiger partial charge in [-0.2, -0.15) is 0 Å². The number of nitro benzene ring substituents is 1. The van der Waals surface area contributed by atoms with Crippen molar-refractivity contribution in [3.8, 4) is 5.75 Å². The smallest absolute Gasteiger partial charge is 0.271 e. The van der Waals surface area contributed by atoms with Gasteiger partial charge < -0.3 is 14.6 Å². The molecule has 0 unspecified atom stereocenters. The highest BCUT2D eigenvalue weighted by atomic mass is 35.5. The van der Waals surface area contributed by atoms with Crippen LogP contribution < -0.4 is 10.1 Å². The molecule has 3 aromatic rings. The Morgan fingerprint density at radius 2 is 2.00 bits per heavy atom. The second-order valence-corrected chi connectivity index (χ2v) is 8.47. The number of halogens is 2. The summed E-state index contributed by atoms with van der Waals surface area (Å²) in [6.45, 7) is 1.83. The number of thioether (sulfide) groups is 1. The van der Waals surface area contributed by atoms with E-state index < -0.39 is 10.2 Å². The van der Waals surface area contributed by atoms with Gasteiger partial charge in [0.2, 0.25) is 5.91 Å². The van der Waals surface area contributed by atoms with Crippen molar-refractivity contribution in [1.29, 1.82) is 0 Å². The number of anilines is 1. The quantitative estimate of drug-likeness (QED) is 0.281. The average Bonchev–Trinajstić information content (AvgIpc) is 3.08. The van der Waals surface area contributed by atoms with Gasteiger partial charge in [-0.1, -0.05) is 47.1 Å². The third-order valence-corrected chi connectivity index (χ3v) is 5.96. The summed E-state index contributed by atoms with van der Waals surface area (Å²) in [6, 6.07) is 10.9. The second kappa shape index (κ2) is 9.99. The number of nitrogens with zero attached hydrogens (tertiary/aromatic N) is 4. The summed E-state index contributed by atoms with van der Waals surface area (Å²) in [5.74, 6) is 0.698. The number of hydrogen-bond donors (Lipinski definition) is 1. The molecule has 1 atom stereocenters. The van der Waals surface area contributed by atoms with E-state index >= 15 is 0 Å². The largest absolute Gasteiger partial charge is 0.484 e. The fourth-order valence-electron chi connectivity index (χ4n) is 2.45. The van der Waals surface area contributed by atoms with Crippen LogP contribution >= 0.6 is 35.0 Å². The maximum atomic E-state index is 12.6. The third-order valence-electron chi connectivity index (χ3n) is 4.19. The summed E-state index contributed by atoms with van der Waals surface area (Å²) in [7, 11) is 1.76. The van der Waals surface area contributed by atoms with Crippen LogP contribution in [0.5, 0.6) is 5.75 Å². The molecule has 12 heteroatoms. The van der Waals surface area contributed by atoms with Crippen LogP contribution in [-0.2, 0) is 18.4 Å². The van der Waals surface area contributed by atoms with E-state index in [2.05, 4.69) is 15.5 Å². The summed E-state index contributed by atoms with van der Waals surface area (Å²) >= 11 is 13.3. The number of nitrogens with one attached hydrogen (secondary N) is 1. The van der Waals surface area contributed by atoms with Crippen molar-refractivity contribution in [3.05, 3.63) is 68.4 Å². The van der Waals surface area contributed by atoms with E-state index in [0.29, 0.717) is 21.8 Å². The average molecular weight is 482 g/mol. The van der Waals surface area contributed by atoms with Gasteiger partial charge in [-0.25, -0.2) is 0 Å². The van der Waals surface area contributed by atoms with E-state index in [1.165, 1.54) is 30.0 Å². The number of hydrogen-bond acceptors (Lipinski definition) is 7. The number of carbonyl (C=O) groups is 1. The van der Waals surface area contributed by atoms with Gasteiger partial charge in [-0.05, 0) is 25.1 Å². The van der Waals surface area contributed by atoms with Crippen molar-refractivity contribution < 1.29 is 14.5 Å². The summed E-state index contributed by atoms with van der Waals surface area (Å²) in [6.07, 6.45) is 0. The first-order valence-electron chi connectivity index (χ1n) is 8.93. The number of aromatic nitrogens is 3. The fourth-order valence-corrected chi connectivity index (χ4v) is 3.63. The van der Waals surface area contributed by atoms with Crippen LogP contribution in [0, 0.1) is 10.1 Å². The molecule has 0 bridgehead atoms. The van der Waals surface area contributed by atoms with Crippen LogP contribution in [0.15, 0.2) is 47.6 Å². The van der Waals surface area contributed by atoms with Crippen LogP contribution in [0.1, 0.15) is 12.7 Å². The second-order valence-electron chi connectivity index (χ2n) is 6.35. The van der Waals surface area contributed by atoms with Gasteiger partial charge in [-0.3, -0.25) is 14.9 Å². The van der Waals surface area contributed by atoms with Gasteiger partial charge in [0.15, 0.2) is 11.0 Å². The molecule has 0 radical (unpaired) electrons. The van der Waals surface area contributed by atoms with Gasteiger partial charge >= 0.3 is 0 Å². The van der Waals surface area contributed by atoms with Crippen molar-refractivity contribution in [2.45, 2.75) is 23.9 Å². The predicted octanol–water partition coefficient (Wildman–Crippen LogP) is 4.73. The van der Waals surface area contributed by atoms with E-state index in [9.17, 15) is 14.9 Å². The number of rotatable bonds is 8. The van der Waals surface area contributed by atoms with Crippen LogP contribution in [0.3, 0.4) is 0 Å². The molecule has 0 fully saturated rings. The number of benzene rings is 2. The zero-order chi connectivity index (χ0) is 22.5. The Bertz CT molecular complexity index is 1120. The molecule has 31 heavy (non-hydrogen) atoms. The highest BCUT2D eigenvalue weighted by Gasteiger charge is 2.21. The van der Waals surface area contributed by atoms with Crippen molar-refractivity contribution in [2.24, 2.45) is 7.05 Å². The summed E-state index contributed by atoms with van der Waals surface area (Å²) in [4.78, 5) is 22.9. The number of amides is 1. The maximum Gasteiger partial charge on any atom is 0.271 e. The zero-order valence-electron chi connectivity index (χ0n) is 16.4. The minimum atomic E-state index is -0.574. The highest BCUT2D eigenvalue weighted by molar-refractivity contribution is 8.00. The maximum absolute atomic E-state index is 12.6. The fraction of sp³-hybridized carbons (Fsp3) is 0.211. The standard InChI is InChI=1S/C19H17Cl2N5O4S/c1-11(18(27)22-15-9-12(26(28)29)7-8-13(15)20)31-19-24-23-17(25(19)2)10-30-16-6-4-3-5-14(16)21/h3-9,11H,10H2,1-2H3,(H,22,27)/t11-/m1/s1. The number of nitro groups is 1. The lowest BCUT2D eigenvalue weighted by atomic mass is 10.2. The molecule has 0 saturated carbocycles. The summed E-state index contributed by atoms with van der Waals surface area (Å²) in [5.41, 5.74) is -0.00317. The van der Waals surface area contributed by atoms with Gasteiger partial charge in [0.1, 0.15) is 12.4 Å². The highest BCUT2D eigenvalue weighted by Crippen LogP contribution is 2.29. The minimum absolute atomic E-state index is 0.150. The first-order valence-corrected chi connectivity index (χ1v) is 10.6. The lowest BCUT2D eigenvalue weighted by Crippen LogP contribution is -2.23. The monoisotopic (exact) mass is 481 g/mol. The molecule has 2 aromatic carbocycles. The van der Waals surface area contributed by atoms with Gasteiger partial charge in [-0.15, -0.1) is 10.2 Å². The Balaban J connectivity index is 1.63.